The maximum atomic E-state index is 12.1. The van der Waals surface area contributed by atoms with Crippen LogP contribution in [0.5, 0.6) is 5.75 Å². The third-order valence-corrected chi connectivity index (χ3v) is 7.64. The molecule has 206 valence electrons. The third-order valence-electron chi connectivity index (χ3n) is 5.73. The van der Waals surface area contributed by atoms with Gasteiger partial charge in [-0.3, -0.25) is 0 Å². The smallest absolute Gasteiger partial charge is 0.339 e. The summed E-state index contributed by atoms with van der Waals surface area (Å²) in [5.74, 6) is 0.401. The second-order valence-electron chi connectivity index (χ2n) is 9.71. The summed E-state index contributed by atoms with van der Waals surface area (Å²) >= 11 is 3.06. The van der Waals surface area contributed by atoms with Crippen molar-refractivity contribution >= 4 is 39.6 Å². The van der Waals surface area contributed by atoms with Crippen LogP contribution in [0.3, 0.4) is 0 Å². The molecule has 0 saturated heterocycles. The van der Waals surface area contributed by atoms with Gasteiger partial charge in [-0.1, -0.05) is 32.0 Å². The van der Waals surface area contributed by atoms with E-state index in [0.29, 0.717) is 30.9 Å². The maximum Gasteiger partial charge on any atom is 0.339 e. The number of carboxylic acids is 1. The summed E-state index contributed by atoms with van der Waals surface area (Å²) in [5.41, 5.74) is 2.68. The number of hydrogen-bond acceptors (Lipinski definition) is 9. The van der Waals surface area contributed by atoms with Gasteiger partial charge < -0.3 is 24.8 Å². The predicted molar refractivity (Wildman–Crippen MR) is 159 cm³/mol. The van der Waals surface area contributed by atoms with Crippen molar-refractivity contribution in [1.82, 2.24) is 14.9 Å². The number of aromatic nitrogens is 2. The average molecular weight is 567 g/mol. The number of anilines is 2. The fraction of sp³-hybridized carbons (Fsp3) is 0.345. The Morgan fingerprint density at radius 2 is 1.95 bits per heavy atom. The largest absolute Gasteiger partial charge is 0.491 e. The normalized spacial score (nSPS) is 11.3. The van der Waals surface area contributed by atoms with Gasteiger partial charge in [0.05, 0.1) is 18.9 Å². The van der Waals surface area contributed by atoms with Gasteiger partial charge in [0, 0.05) is 33.6 Å². The number of nitrogens with one attached hydrogen (secondary N) is 1. The van der Waals surface area contributed by atoms with Crippen LogP contribution in [0, 0.1) is 5.92 Å². The van der Waals surface area contributed by atoms with Crippen molar-refractivity contribution in [3.8, 4) is 27.4 Å². The zero-order chi connectivity index (χ0) is 27.8. The van der Waals surface area contributed by atoms with Crippen LogP contribution in [0.25, 0.3) is 21.7 Å². The number of ether oxygens (including phenoxy) is 2. The highest BCUT2D eigenvalue weighted by molar-refractivity contribution is 7.16. The Hall–Kier alpha value is -3.31. The molecule has 0 aliphatic heterocycles. The highest BCUT2D eigenvalue weighted by Gasteiger charge is 2.19. The summed E-state index contributed by atoms with van der Waals surface area (Å²) in [4.78, 5) is 25.5. The van der Waals surface area contributed by atoms with Gasteiger partial charge in [0.2, 0.25) is 0 Å². The van der Waals surface area contributed by atoms with Crippen LogP contribution in [0.4, 0.5) is 10.9 Å². The van der Waals surface area contributed by atoms with Crippen LogP contribution in [0.15, 0.2) is 54.0 Å². The van der Waals surface area contributed by atoms with Gasteiger partial charge in [-0.05, 0) is 56.1 Å². The topological polar surface area (TPSA) is 96.8 Å². The SMILES string of the molecule is CC(C)Cc1sc(Nc2ncc(-c3cccs3)cc2C(=O)O)nc1-c1cccc(OCCOCCN(C)C)c1. The second kappa shape index (κ2) is 13.7. The molecule has 0 fully saturated rings. The highest BCUT2D eigenvalue weighted by atomic mass is 32.1. The van der Waals surface area contributed by atoms with Gasteiger partial charge in [-0.15, -0.1) is 22.7 Å². The van der Waals surface area contributed by atoms with Gasteiger partial charge in [-0.2, -0.15) is 0 Å². The number of rotatable bonds is 14. The second-order valence-corrected chi connectivity index (χ2v) is 11.7. The van der Waals surface area contributed by atoms with E-state index >= 15 is 0 Å². The van der Waals surface area contributed by atoms with Crippen LogP contribution in [-0.2, 0) is 11.2 Å². The summed E-state index contributed by atoms with van der Waals surface area (Å²) in [7, 11) is 4.03. The molecule has 3 aromatic heterocycles. The Kier molecular flexibility index (Phi) is 10.0. The number of aromatic carboxylic acids is 1. The summed E-state index contributed by atoms with van der Waals surface area (Å²) in [6, 6.07) is 13.4. The van der Waals surface area contributed by atoms with Crippen molar-refractivity contribution < 1.29 is 19.4 Å². The Morgan fingerprint density at radius 3 is 2.67 bits per heavy atom. The van der Waals surface area contributed by atoms with Crippen LogP contribution < -0.4 is 10.1 Å². The summed E-state index contributed by atoms with van der Waals surface area (Å²) in [6.45, 7) is 6.85. The lowest BCUT2D eigenvalue weighted by molar-refractivity contribution is 0.0697. The Labute approximate surface area is 237 Å². The standard InChI is InChI=1S/C29H34N4O4S2/c1-19(2)15-25-26(20-7-5-8-22(16-20)37-13-12-36-11-10-33(3)4)31-29(39-25)32-27-23(28(34)35)17-21(18-30-27)24-9-6-14-38-24/h5-9,14,16-19H,10-13,15H2,1-4H3,(H,34,35)(H,30,31,32). The predicted octanol–water partition coefficient (Wildman–Crippen LogP) is 6.53. The molecule has 1 aromatic carbocycles. The lowest BCUT2D eigenvalue weighted by atomic mass is 10.0. The number of benzene rings is 1. The number of carbonyl (C=O) groups is 1. The van der Waals surface area contributed by atoms with E-state index < -0.39 is 5.97 Å². The van der Waals surface area contributed by atoms with Gasteiger partial charge in [-0.25, -0.2) is 14.8 Å². The summed E-state index contributed by atoms with van der Waals surface area (Å²) < 4.78 is 11.6. The minimum Gasteiger partial charge on any atom is -0.491 e. The van der Waals surface area contributed by atoms with E-state index in [1.807, 2.05) is 55.9 Å². The van der Waals surface area contributed by atoms with E-state index in [1.165, 1.54) is 11.3 Å². The minimum atomic E-state index is -1.04. The van der Waals surface area contributed by atoms with Crippen molar-refractivity contribution in [3.05, 3.63) is 64.5 Å². The van der Waals surface area contributed by atoms with Crippen molar-refractivity contribution in [1.29, 1.82) is 0 Å². The molecule has 0 unspecified atom stereocenters. The molecule has 0 aliphatic carbocycles. The van der Waals surface area contributed by atoms with Crippen molar-refractivity contribution in [2.24, 2.45) is 5.92 Å². The third kappa shape index (κ3) is 8.09. The molecule has 39 heavy (non-hydrogen) atoms. The van der Waals surface area contributed by atoms with Crippen molar-refractivity contribution in [3.63, 3.8) is 0 Å². The minimum absolute atomic E-state index is 0.103. The molecule has 3 heterocycles. The number of likely N-dealkylation sites (N-methyl/N-ethyl adjacent to an activating group) is 1. The first kappa shape index (κ1) is 28.7. The van der Waals surface area contributed by atoms with Gasteiger partial charge in [0.1, 0.15) is 23.7 Å². The van der Waals surface area contributed by atoms with E-state index in [1.54, 1.807) is 23.6 Å². The van der Waals surface area contributed by atoms with E-state index in [-0.39, 0.29) is 11.4 Å². The lowest BCUT2D eigenvalue weighted by Crippen LogP contribution is -2.19. The number of thiophene rings is 1. The maximum absolute atomic E-state index is 12.1. The molecule has 4 aromatic rings. The van der Waals surface area contributed by atoms with E-state index in [4.69, 9.17) is 14.5 Å². The summed E-state index contributed by atoms with van der Waals surface area (Å²) in [6.07, 6.45) is 2.53. The molecule has 0 aliphatic rings. The molecule has 0 amide bonds. The molecule has 10 heteroatoms. The molecule has 0 atom stereocenters. The molecule has 8 nitrogen and oxygen atoms in total. The number of pyridine rings is 1. The molecule has 2 N–H and O–H groups in total. The Morgan fingerprint density at radius 1 is 1.10 bits per heavy atom. The number of carboxylic acid groups (broad SMARTS) is 1. The molecule has 0 saturated carbocycles. The quantitative estimate of drug-likeness (QED) is 0.166. The van der Waals surface area contributed by atoms with Crippen molar-refractivity contribution in [2.45, 2.75) is 20.3 Å². The van der Waals surface area contributed by atoms with Crippen LogP contribution in [0.1, 0.15) is 29.1 Å². The number of hydrogen-bond donors (Lipinski definition) is 2. The van der Waals surface area contributed by atoms with Crippen LogP contribution >= 0.6 is 22.7 Å². The zero-order valence-electron chi connectivity index (χ0n) is 22.6. The zero-order valence-corrected chi connectivity index (χ0v) is 24.3. The molecule has 0 spiro atoms. The van der Waals surface area contributed by atoms with Crippen LogP contribution in [-0.4, -0.2) is 66.4 Å². The molecule has 4 rings (SSSR count). The first-order valence-electron chi connectivity index (χ1n) is 12.8. The fourth-order valence-corrected chi connectivity index (χ4v) is 5.75. The van der Waals surface area contributed by atoms with E-state index in [0.717, 1.165) is 45.3 Å². The number of thiazole rings is 1. The van der Waals surface area contributed by atoms with Crippen LogP contribution in [0.2, 0.25) is 0 Å². The highest BCUT2D eigenvalue weighted by Crippen LogP contribution is 2.36. The molecular weight excluding hydrogens is 532 g/mol. The van der Waals surface area contributed by atoms with E-state index in [2.05, 4.69) is 29.0 Å². The summed E-state index contributed by atoms with van der Waals surface area (Å²) in [5, 5.41) is 15.6. The lowest BCUT2D eigenvalue weighted by Gasteiger charge is -2.11. The molecule has 0 radical (unpaired) electrons. The fourth-order valence-electron chi connectivity index (χ4n) is 3.85. The van der Waals surface area contributed by atoms with Gasteiger partial charge in [0.15, 0.2) is 5.13 Å². The Bertz CT molecular complexity index is 1370. The van der Waals surface area contributed by atoms with E-state index in [9.17, 15) is 9.90 Å². The number of nitrogens with zero attached hydrogens (tertiary/aromatic N) is 3. The van der Waals surface area contributed by atoms with Gasteiger partial charge in [0.25, 0.3) is 0 Å². The van der Waals surface area contributed by atoms with Gasteiger partial charge >= 0.3 is 5.97 Å². The first-order chi connectivity index (χ1) is 18.8. The molecular formula is C29H34N4O4S2. The van der Waals surface area contributed by atoms with Crippen molar-refractivity contribution in [2.75, 3.05) is 45.8 Å². The Balaban J connectivity index is 1.53. The average Bonchev–Trinajstić information content (AvgIpc) is 3.56. The first-order valence-corrected chi connectivity index (χ1v) is 14.5. The monoisotopic (exact) mass is 566 g/mol. The molecule has 0 bridgehead atoms.